The van der Waals surface area contributed by atoms with E-state index in [2.05, 4.69) is 45.0 Å². The van der Waals surface area contributed by atoms with Gasteiger partial charge in [-0.05, 0) is 59.7 Å². The predicted molar refractivity (Wildman–Crippen MR) is 73.9 cm³/mol. The zero-order chi connectivity index (χ0) is 12.2. The second kappa shape index (κ2) is 3.61. The summed E-state index contributed by atoms with van der Waals surface area (Å²) in [6, 6.07) is 8.62. The van der Waals surface area contributed by atoms with Crippen molar-refractivity contribution in [3.63, 3.8) is 0 Å². The van der Waals surface area contributed by atoms with E-state index in [1.807, 2.05) is 0 Å². The van der Waals surface area contributed by atoms with E-state index < -0.39 is 0 Å². The SMILES string of the molecule is Cc1c(C)c(Cl)c2c(c1C)-c1ccccc1C2. The molecule has 0 nitrogen and oxygen atoms in total. The predicted octanol–water partition coefficient (Wildman–Crippen LogP) is 4.84. The molecular weight excluding hydrogens is 228 g/mol. The Morgan fingerprint density at radius 2 is 1.65 bits per heavy atom. The fourth-order valence-electron chi connectivity index (χ4n) is 2.84. The van der Waals surface area contributed by atoms with Crippen molar-refractivity contribution in [2.75, 3.05) is 0 Å². The highest BCUT2D eigenvalue weighted by atomic mass is 35.5. The third-order valence-corrected chi connectivity index (χ3v) is 4.56. The van der Waals surface area contributed by atoms with E-state index in [1.165, 1.54) is 38.9 Å². The summed E-state index contributed by atoms with van der Waals surface area (Å²) in [6.45, 7) is 6.49. The topological polar surface area (TPSA) is 0 Å². The first-order chi connectivity index (χ1) is 8.11. The second-order valence-corrected chi connectivity index (χ2v) is 5.25. The lowest BCUT2D eigenvalue weighted by Gasteiger charge is -2.14. The molecule has 2 aromatic carbocycles. The molecule has 0 N–H and O–H groups in total. The normalized spacial score (nSPS) is 12.5. The molecule has 86 valence electrons. The monoisotopic (exact) mass is 242 g/mol. The van der Waals surface area contributed by atoms with Crippen LogP contribution in [0.4, 0.5) is 0 Å². The van der Waals surface area contributed by atoms with Crippen LogP contribution in [0.15, 0.2) is 24.3 Å². The van der Waals surface area contributed by atoms with Crippen molar-refractivity contribution in [3.8, 4) is 11.1 Å². The highest BCUT2D eigenvalue weighted by Crippen LogP contribution is 2.44. The van der Waals surface area contributed by atoms with E-state index in [4.69, 9.17) is 11.6 Å². The van der Waals surface area contributed by atoms with Gasteiger partial charge in [0.1, 0.15) is 0 Å². The lowest BCUT2D eigenvalue weighted by molar-refractivity contribution is 1.20. The molecule has 0 spiro atoms. The summed E-state index contributed by atoms with van der Waals surface area (Å²) < 4.78 is 0. The van der Waals surface area contributed by atoms with Gasteiger partial charge in [-0.3, -0.25) is 0 Å². The Morgan fingerprint density at radius 3 is 2.41 bits per heavy atom. The first-order valence-electron chi connectivity index (χ1n) is 5.97. The lowest BCUT2D eigenvalue weighted by atomic mass is 9.93. The van der Waals surface area contributed by atoms with Gasteiger partial charge in [-0.2, -0.15) is 0 Å². The molecule has 0 fully saturated rings. The van der Waals surface area contributed by atoms with Crippen molar-refractivity contribution < 1.29 is 0 Å². The van der Waals surface area contributed by atoms with Crippen molar-refractivity contribution in [1.29, 1.82) is 0 Å². The summed E-state index contributed by atoms with van der Waals surface area (Å²) >= 11 is 6.51. The molecule has 0 amide bonds. The van der Waals surface area contributed by atoms with Gasteiger partial charge in [0.05, 0.1) is 0 Å². The van der Waals surface area contributed by atoms with Gasteiger partial charge >= 0.3 is 0 Å². The van der Waals surface area contributed by atoms with E-state index in [-0.39, 0.29) is 0 Å². The number of hydrogen-bond acceptors (Lipinski definition) is 0. The molecule has 0 aromatic heterocycles. The largest absolute Gasteiger partial charge is 0.0837 e. The molecule has 1 aliphatic rings. The van der Waals surface area contributed by atoms with E-state index in [1.54, 1.807) is 0 Å². The maximum absolute atomic E-state index is 6.51. The van der Waals surface area contributed by atoms with Gasteiger partial charge in [0.2, 0.25) is 0 Å². The number of fused-ring (bicyclic) bond motifs is 3. The second-order valence-electron chi connectivity index (χ2n) is 4.88. The molecule has 1 aliphatic carbocycles. The van der Waals surface area contributed by atoms with Crippen LogP contribution < -0.4 is 0 Å². The van der Waals surface area contributed by atoms with Gasteiger partial charge in [0, 0.05) is 11.4 Å². The summed E-state index contributed by atoms with van der Waals surface area (Å²) in [4.78, 5) is 0. The molecule has 0 saturated heterocycles. The Morgan fingerprint density at radius 1 is 0.941 bits per heavy atom. The Labute approximate surface area is 107 Å². The van der Waals surface area contributed by atoms with Gasteiger partial charge in [-0.25, -0.2) is 0 Å². The Balaban J connectivity index is 2.41. The quantitative estimate of drug-likeness (QED) is 0.529. The number of halogens is 1. The first-order valence-corrected chi connectivity index (χ1v) is 6.35. The molecule has 1 heteroatoms. The van der Waals surface area contributed by atoms with Crippen molar-refractivity contribution in [1.82, 2.24) is 0 Å². The van der Waals surface area contributed by atoms with Crippen molar-refractivity contribution in [3.05, 3.63) is 57.1 Å². The number of hydrogen-bond donors (Lipinski definition) is 0. The zero-order valence-corrected chi connectivity index (χ0v) is 11.2. The molecule has 0 radical (unpaired) electrons. The summed E-state index contributed by atoms with van der Waals surface area (Å²) in [5, 5.41) is 0.958. The molecule has 2 aromatic rings. The zero-order valence-electron chi connectivity index (χ0n) is 10.4. The smallest absolute Gasteiger partial charge is 0.0479 e. The summed E-state index contributed by atoms with van der Waals surface area (Å²) in [7, 11) is 0. The minimum absolute atomic E-state index is 0.958. The van der Waals surface area contributed by atoms with Crippen LogP contribution in [0.2, 0.25) is 5.02 Å². The molecule has 0 unspecified atom stereocenters. The summed E-state index contributed by atoms with van der Waals surface area (Å²) in [5.41, 5.74) is 9.39. The average Bonchev–Trinajstić information content (AvgIpc) is 2.73. The van der Waals surface area contributed by atoms with Crippen LogP contribution in [0.25, 0.3) is 11.1 Å². The summed E-state index contributed by atoms with van der Waals surface area (Å²) in [5.74, 6) is 0. The minimum Gasteiger partial charge on any atom is -0.0837 e. The van der Waals surface area contributed by atoms with Crippen LogP contribution in [0.3, 0.4) is 0 Å². The van der Waals surface area contributed by atoms with Crippen LogP contribution in [0, 0.1) is 20.8 Å². The molecule has 0 atom stereocenters. The highest BCUT2D eigenvalue weighted by Gasteiger charge is 2.24. The van der Waals surface area contributed by atoms with Crippen molar-refractivity contribution in [2.45, 2.75) is 27.2 Å². The maximum atomic E-state index is 6.51. The van der Waals surface area contributed by atoms with Crippen LogP contribution in [-0.2, 0) is 6.42 Å². The van der Waals surface area contributed by atoms with Gasteiger partial charge < -0.3 is 0 Å². The van der Waals surface area contributed by atoms with E-state index >= 15 is 0 Å². The van der Waals surface area contributed by atoms with Crippen molar-refractivity contribution >= 4 is 11.6 Å². The molecule has 0 aliphatic heterocycles. The average molecular weight is 243 g/mol. The maximum Gasteiger partial charge on any atom is 0.0479 e. The highest BCUT2D eigenvalue weighted by molar-refractivity contribution is 6.33. The molecular formula is C16H15Cl. The Kier molecular flexibility index (Phi) is 2.31. The molecule has 0 heterocycles. The molecule has 3 rings (SSSR count). The third-order valence-electron chi connectivity index (χ3n) is 4.05. The number of rotatable bonds is 0. The van der Waals surface area contributed by atoms with E-state index in [0.29, 0.717) is 0 Å². The lowest BCUT2D eigenvalue weighted by Crippen LogP contribution is -1.95. The Bertz CT molecular complexity index is 624. The van der Waals surface area contributed by atoms with Gasteiger partial charge in [0.15, 0.2) is 0 Å². The van der Waals surface area contributed by atoms with E-state index in [0.717, 1.165) is 11.4 Å². The molecule has 17 heavy (non-hydrogen) atoms. The van der Waals surface area contributed by atoms with Crippen LogP contribution >= 0.6 is 11.6 Å². The number of benzene rings is 2. The van der Waals surface area contributed by atoms with Crippen LogP contribution in [-0.4, -0.2) is 0 Å². The van der Waals surface area contributed by atoms with Crippen LogP contribution in [0.1, 0.15) is 27.8 Å². The van der Waals surface area contributed by atoms with Gasteiger partial charge in [0.25, 0.3) is 0 Å². The fraction of sp³-hybridized carbons (Fsp3) is 0.250. The first kappa shape index (κ1) is 10.9. The standard InChI is InChI=1S/C16H15Cl/c1-9-10(2)15-13-7-5-4-6-12(13)8-14(15)16(17)11(9)3/h4-7H,8H2,1-3H3. The Hall–Kier alpha value is -1.27. The van der Waals surface area contributed by atoms with Gasteiger partial charge in [-0.1, -0.05) is 35.9 Å². The van der Waals surface area contributed by atoms with Crippen molar-refractivity contribution in [2.24, 2.45) is 0 Å². The third kappa shape index (κ3) is 1.37. The van der Waals surface area contributed by atoms with Crippen LogP contribution in [0.5, 0.6) is 0 Å². The van der Waals surface area contributed by atoms with Gasteiger partial charge in [-0.15, -0.1) is 0 Å². The summed E-state index contributed by atoms with van der Waals surface area (Å²) in [6.07, 6.45) is 0.978. The van der Waals surface area contributed by atoms with E-state index in [9.17, 15) is 0 Å². The molecule has 0 bridgehead atoms. The fourth-order valence-corrected chi connectivity index (χ4v) is 3.14. The minimum atomic E-state index is 0.958. The molecule has 0 saturated carbocycles.